The number of aromatic hydroxyl groups is 1. The third kappa shape index (κ3) is 4.20. The van der Waals surface area contributed by atoms with E-state index in [-0.39, 0.29) is 5.75 Å². The van der Waals surface area contributed by atoms with Gasteiger partial charge in [0.05, 0.1) is 25.6 Å². The molecule has 3 rings (SSSR count). The van der Waals surface area contributed by atoms with Crippen LogP contribution in [0.1, 0.15) is 18.1 Å². The van der Waals surface area contributed by atoms with Crippen LogP contribution >= 0.6 is 11.3 Å². The largest absolute Gasteiger partial charge is 0.508 e. The van der Waals surface area contributed by atoms with Crippen molar-refractivity contribution in [2.45, 2.75) is 13.8 Å². The van der Waals surface area contributed by atoms with Crippen molar-refractivity contribution < 1.29 is 14.6 Å². The van der Waals surface area contributed by atoms with Gasteiger partial charge in [0.2, 0.25) is 5.13 Å². The summed E-state index contributed by atoms with van der Waals surface area (Å²) in [4.78, 5) is 4.53. The topological polar surface area (TPSA) is 76.0 Å². The fraction of sp³-hybridized carbons (Fsp3) is 0.200. The van der Waals surface area contributed by atoms with E-state index < -0.39 is 0 Å². The third-order valence-electron chi connectivity index (χ3n) is 4.11. The molecule has 0 aliphatic carbocycles. The predicted molar refractivity (Wildman–Crippen MR) is 109 cm³/mol. The van der Waals surface area contributed by atoms with E-state index in [0.717, 1.165) is 28.1 Å². The number of thiazole rings is 1. The van der Waals surface area contributed by atoms with Crippen LogP contribution in [0.2, 0.25) is 0 Å². The van der Waals surface area contributed by atoms with Gasteiger partial charge in [-0.25, -0.2) is 4.98 Å². The molecular weight excluding hydrogens is 362 g/mol. The molecule has 0 spiro atoms. The van der Waals surface area contributed by atoms with Crippen LogP contribution in [0.25, 0.3) is 11.3 Å². The van der Waals surface area contributed by atoms with Gasteiger partial charge in [-0.05, 0) is 55.8 Å². The van der Waals surface area contributed by atoms with Crippen molar-refractivity contribution in [2.75, 3.05) is 19.6 Å². The molecule has 2 N–H and O–H groups in total. The van der Waals surface area contributed by atoms with Crippen LogP contribution in [0.5, 0.6) is 17.2 Å². The second kappa shape index (κ2) is 8.09. The van der Waals surface area contributed by atoms with Crippen molar-refractivity contribution in [1.82, 2.24) is 4.98 Å². The monoisotopic (exact) mass is 383 g/mol. The maximum atomic E-state index is 9.39. The van der Waals surface area contributed by atoms with Gasteiger partial charge < -0.3 is 14.6 Å². The molecule has 27 heavy (non-hydrogen) atoms. The lowest BCUT2D eigenvalue weighted by Gasteiger charge is -2.12. The standard InChI is InChI=1S/C20H21N3O3S/c1-12-9-18(25-3)19(26-4)10-16(12)13(2)22-23-20-21-17(11-27-20)14-5-7-15(24)8-6-14/h5-11,24H,1-4H3,(H,21,23). The van der Waals surface area contributed by atoms with Gasteiger partial charge in [0.25, 0.3) is 0 Å². The number of benzene rings is 2. The number of aromatic nitrogens is 1. The van der Waals surface area contributed by atoms with Gasteiger partial charge in [0, 0.05) is 16.5 Å². The molecule has 0 amide bonds. The van der Waals surface area contributed by atoms with Gasteiger partial charge >= 0.3 is 0 Å². The molecule has 0 bridgehead atoms. The van der Waals surface area contributed by atoms with Gasteiger partial charge in [-0.15, -0.1) is 11.3 Å². The summed E-state index contributed by atoms with van der Waals surface area (Å²) in [6.07, 6.45) is 0. The summed E-state index contributed by atoms with van der Waals surface area (Å²) in [7, 11) is 3.23. The maximum absolute atomic E-state index is 9.39. The van der Waals surface area contributed by atoms with Crippen LogP contribution in [-0.2, 0) is 0 Å². The Bertz CT molecular complexity index is 965. The molecule has 7 heteroatoms. The molecule has 1 heterocycles. The highest BCUT2D eigenvalue weighted by Gasteiger charge is 2.11. The zero-order valence-electron chi connectivity index (χ0n) is 15.6. The second-order valence-electron chi connectivity index (χ2n) is 5.92. The number of phenols is 1. The molecule has 0 fully saturated rings. The van der Waals surface area contributed by atoms with Crippen molar-refractivity contribution in [1.29, 1.82) is 0 Å². The van der Waals surface area contributed by atoms with Gasteiger partial charge in [-0.1, -0.05) is 0 Å². The minimum absolute atomic E-state index is 0.234. The van der Waals surface area contributed by atoms with Gasteiger partial charge in [-0.2, -0.15) is 5.10 Å². The smallest absolute Gasteiger partial charge is 0.203 e. The first-order chi connectivity index (χ1) is 13.0. The van der Waals surface area contributed by atoms with E-state index in [4.69, 9.17) is 9.47 Å². The Morgan fingerprint density at radius 2 is 1.78 bits per heavy atom. The summed E-state index contributed by atoms with van der Waals surface area (Å²) in [6.45, 7) is 3.93. The minimum Gasteiger partial charge on any atom is -0.508 e. The highest BCUT2D eigenvalue weighted by molar-refractivity contribution is 7.14. The van der Waals surface area contributed by atoms with Crippen LogP contribution in [-0.4, -0.2) is 30.0 Å². The molecule has 0 saturated carbocycles. The number of phenolic OH excluding ortho intramolecular Hbond substituents is 1. The van der Waals surface area contributed by atoms with Crippen LogP contribution < -0.4 is 14.9 Å². The van der Waals surface area contributed by atoms with Crippen LogP contribution in [0.15, 0.2) is 46.9 Å². The number of hydrogen-bond acceptors (Lipinski definition) is 7. The van der Waals surface area contributed by atoms with E-state index in [2.05, 4.69) is 15.5 Å². The SMILES string of the molecule is COc1cc(C)c(C(C)=NNc2nc(-c3ccc(O)cc3)cs2)cc1OC. The fourth-order valence-corrected chi connectivity index (χ4v) is 3.31. The lowest BCUT2D eigenvalue weighted by atomic mass is 10.0. The number of hydrazone groups is 1. The summed E-state index contributed by atoms with van der Waals surface area (Å²) < 4.78 is 10.7. The Morgan fingerprint density at radius 3 is 2.44 bits per heavy atom. The molecule has 0 saturated heterocycles. The molecule has 0 unspecified atom stereocenters. The predicted octanol–water partition coefficient (Wildman–Crippen LogP) is 4.68. The lowest BCUT2D eigenvalue weighted by Crippen LogP contribution is -2.03. The Balaban J connectivity index is 1.79. The highest BCUT2D eigenvalue weighted by Crippen LogP contribution is 2.31. The van der Waals surface area contributed by atoms with E-state index in [0.29, 0.717) is 16.6 Å². The molecular formula is C20H21N3O3S. The zero-order valence-corrected chi connectivity index (χ0v) is 16.4. The first-order valence-corrected chi connectivity index (χ1v) is 9.18. The number of anilines is 1. The van der Waals surface area contributed by atoms with E-state index in [1.165, 1.54) is 11.3 Å². The molecule has 0 aliphatic heterocycles. The third-order valence-corrected chi connectivity index (χ3v) is 4.85. The average Bonchev–Trinajstić information content (AvgIpc) is 3.15. The van der Waals surface area contributed by atoms with E-state index in [9.17, 15) is 5.11 Å². The fourth-order valence-electron chi connectivity index (χ4n) is 2.65. The molecule has 2 aromatic carbocycles. The summed E-state index contributed by atoms with van der Waals surface area (Å²) in [5.41, 5.74) is 7.61. The van der Waals surface area contributed by atoms with E-state index >= 15 is 0 Å². The number of aryl methyl sites for hydroxylation is 1. The second-order valence-corrected chi connectivity index (χ2v) is 6.77. The van der Waals surface area contributed by atoms with E-state index in [1.54, 1.807) is 26.4 Å². The Hall–Kier alpha value is -3.06. The number of ether oxygens (including phenoxy) is 2. The van der Waals surface area contributed by atoms with Crippen molar-refractivity contribution in [2.24, 2.45) is 5.10 Å². The summed E-state index contributed by atoms with van der Waals surface area (Å²) in [5, 5.41) is 16.5. The Kier molecular flexibility index (Phi) is 5.61. The summed E-state index contributed by atoms with van der Waals surface area (Å²) in [5.74, 6) is 1.59. The number of hydrogen-bond donors (Lipinski definition) is 2. The molecule has 140 valence electrons. The quantitative estimate of drug-likeness (QED) is 0.477. The molecule has 0 atom stereocenters. The normalized spacial score (nSPS) is 11.3. The van der Waals surface area contributed by atoms with Crippen molar-refractivity contribution in [3.05, 3.63) is 52.9 Å². The molecule has 0 aliphatic rings. The number of rotatable bonds is 6. The first-order valence-electron chi connectivity index (χ1n) is 8.30. The van der Waals surface area contributed by atoms with Gasteiger partial charge in [0.1, 0.15) is 5.75 Å². The highest BCUT2D eigenvalue weighted by atomic mass is 32.1. The molecule has 3 aromatic rings. The Labute approximate surface area is 162 Å². The van der Waals surface area contributed by atoms with Gasteiger partial charge in [0.15, 0.2) is 11.5 Å². The van der Waals surface area contributed by atoms with Crippen molar-refractivity contribution in [3.8, 4) is 28.5 Å². The number of nitrogens with zero attached hydrogens (tertiary/aromatic N) is 2. The summed E-state index contributed by atoms with van der Waals surface area (Å²) in [6, 6.07) is 10.8. The minimum atomic E-state index is 0.234. The Morgan fingerprint density at radius 1 is 1.11 bits per heavy atom. The zero-order chi connectivity index (χ0) is 19.4. The average molecular weight is 383 g/mol. The van der Waals surface area contributed by atoms with Crippen molar-refractivity contribution in [3.63, 3.8) is 0 Å². The summed E-state index contributed by atoms with van der Waals surface area (Å²) >= 11 is 1.47. The molecule has 0 radical (unpaired) electrons. The molecule has 6 nitrogen and oxygen atoms in total. The van der Waals surface area contributed by atoms with Crippen LogP contribution in [0.4, 0.5) is 5.13 Å². The number of nitrogens with one attached hydrogen (secondary N) is 1. The van der Waals surface area contributed by atoms with E-state index in [1.807, 2.05) is 43.5 Å². The van der Waals surface area contributed by atoms with Crippen LogP contribution in [0, 0.1) is 6.92 Å². The number of methoxy groups -OCH3 is 2. The molecule has 1 aromatic heterocycles. The maximum Gasteiger partial charge on any atom is 0.203 e. The van der Waals surface area contributed by atoms with Gasteiger partial charge in [-0.3, -0.25) is 5.43 Å². The van der Waals surface area contributed by atoms with Crippen molar-refractivity contribution >= 4 is 22.2 Å². The first kappa shape index (κ1) is 18.7. The lowest BCUT2D eigenvalue weighted by molar-refractivity contribution is 0.354. The van der Waals surface area contributed by atoms with Crippen LogP contribution in [0.3, 0.4) is 0 Å².